The number of nitrogens with zero attached hydrogens (tertiary/aromatic N) is 3. The van der Waals surface area contributed by atoms with E-state index in [0.717, 1.165) is 11.3 Å². The molecule has 1 aromatic heterocycles. The minimum atomic E-state index is -0.717. The third kappa shape index (κ3) is 3.89. The van der Waals surface area contributed by atoms with Gasteiger partial charge in [0.15, 0.2) is 4.80 Å². The van der Waals surface area contributed by atoms with Crippen LogP contribution in [0.2, 0.25) is 5.02 Å². The topological polar surface area (TPSA) is 63.9 Å². The van der Waals surface area contributed by atoms with Crippen molar-refractivity contribution in [3.8, 4) is 0 Å². The van der Waals surface area contributed by atoms with Crippen molar-refractivity contribution in [2.45, 2.75) is 13.0 Å². The van der Waals surface area contributed by atoms with E-state index in [1.165, 1.54) is 23.0 Å². The number of rotatable bonds is 4. The highest BCUT2D eigenvalue weighted by molar-refractivity contribution is 7.07. The van der Waals surface area contributed by atoms with Crippen LogP contribution in [0, 0.1) is 0 Å². The van der Waals surface area contributed by atoms with Crippen LogP contribution in [0.1, 0.15) is 24.1 Å². The maximum Gasteiger partial charge on any atom is 0.338 e. The molecule has 32 heavy (non-hydrogen) atoms. The van der Waals surface area contributed by atoms with Gasteiger partial charge in [-0.1, -0.05) is 53.3 Å². The molecule has 164 valence electrons. The molecule has 8 heteroatoms. The molecule has 0 unspecified atom stereocenters. The van der Waals surface area contributed by atoms with Gasteiger partial charge < -0.3 is 9.64 Å². The Morgan fingerprint density at radius 1 is 1.19 bits per heavy atom. The number of fused-ring (bicyclic) bond motifs is 1. The van der Waals surface area contributed by atoms with Gasteiger partial charge >= 0.3 is 5.97 Å². The summed E-state index contributed by atoms with van der Waals surface area (Å²) in [7, 11) is 5.26. The lowest BCUT2D eigenvalue weighted by Crippen LogP contribution is -2.39. The molecule has 0 aliphatic carbocycles. The molecule has 0 radical (unpaired) electrons. The largest absolute Gasteiger partial charge is 0.466 e. The lowest BCUT2D eigenvalue weighted by molar-refractivity contribution is -0.136. The maximum absolute atomic E-state index is 13.5. The summed E-state index contributed by atoms with van der Waals surface area (Å²) in [5.41, 5.74) is 3.19. The lowest BCUT2D eigenvalue weighted by atomic mass is 9.96. The SMILES string of the molecule is COC(=O)C1=C(C)N=c2sc(=Cc3ccc(N(C)C)cc3)c(=O)n2[C@H]1c1ccccc1Cl. The summed E-state index contributed by atoms with van der Waals surface area (Å²) < 4.78 is 7.07. The molecule has 0 saturated carbocycles. The Hall–Kier alpha value is -3.16. The molecule has 0 spiro atoms. The van der Waals surface area contributed by atoms with Crippen LogP contribution in [0.15, 0.2) is 69.6 Å². The first-order valence-electron chi connectivity index (χ1n) is 9.94. The van der Waals surface area contributed by atoms with Gasteiger partial charge in [0.1, 0.15) is 6.04 Å². The van der Waals surface area contributed by atoms with Crippen molar-refractivity contribution in [2.24, 2.45) is 4.99 Å². The van der Waals surface area contributed by atoms with Crippen LogP contribution < -0.4 is 19.8 Å². The molecule has 0 bridgehead atoms. The van der Waals surface area contributed by atoms with Gasteiger partial charge in [-0.2, -0.15) is 0 Å². The molecule has 1 atom stereocenters. The maximum atomic E-state index is 13.5. The number of benzene rings is 2. The minimum absolute atomic E-state index is 0.232. The average Bonchev–Trinajstić information content (AvgIpc) is 3.07. The number of anilines is 1. The van der Waals surface area contributed by atoms with Crippen LogP contribution in [-0.2, 0) is 9.53 Å². The molecular weight excluding hydrogens is 446 g/mol. The Kier molecular flexibility index (Phi) is 6.04. The quantitative estimate of drug-likeness (QED) is 0.553. The Morgan fingerprint density at radius 2 is 1.88 bits per heavy atom. The number of hydrogen-bond donors (Lipinski definition) is 0. The second kappa shape index (κ2) is 8.76. The number of carbonyl (C=O) groups is 1. The molecule has 0 fully saturated rings. The van der Waals surface area contributed by atoms with Crippen LogP contribution in [0.5, 0.6) is 0 Å². The van der Waals surface area contributed by atoms with Gasteiger partial charge in [-0.05, 0) is 42.3 Å². The second-order valence-electron chi connectivity index (χ2n) is 7.58. The molecule has 4 rings (SSSR count). The van der Waals surface area contributed by atoms with E-state index >= 15 is 0 Å². The van der Waals surface area contributed by atoms with Crippen molar-refractivity contribution in [3.05, 3.63) is 95.6 Å². The third-order valence-electron chi connectivity index (χ3n) is 5.33. The fourth-order valence-electron chi connectivity index (χ4n) is 3.70. The van der Waals surface area contributed by atoms with E-state index in [2.05, 4.69) is 4.99 Å². The first-order chi connectivity index (χ1) is 15.3. The fraction of sp³-hybridized carbons (Fsp3) is 0.208. The van der Waals surface area contributed by atoms with Gasteiger partial charge in [-0.3, -0.25) is 9.36 Å². The van der Waals surface area contributed by atoms with Crippen LogP contribution in [0.25, 0.3) is 6.08 Å². The Morgan fingerprint density at radius 3 is 2.50 bits per heavy atom. The highest BCUT2D eigenvalue weighted by atomic mass is 35.5. The molecule has 2 heterocycles. The third-order valence-corrected chi connectivity index (χ3v) is 6.66. The van der Waals surface area contributed by atoms with E-state index in [4.69, 9.17) is 16.3 Å². The number of methoxy groups -OCH3 is 1. The van der Waals surface area contributed by atoms with E-state index in [9.17, 15) is 9.59 Å². The average molecular weight is 468 g/mol. The monoisotopic (exact) mass is 467 g/mol. The molecule has 0 saturated heterocycles. The minimum Gasteiger partial charge on any atom is -0.466 e. The molecule has 3 aromatic rings. The molecule has 0 N–H and O–H groups in total. The predicted octanol–water partition coefficient (Wildman–Crippen LogP) is 3.13. The zero-order valence-corrected chi connectivity index (χ0v) is 19.7. The smallest absolute Gasteiger partial charge is 0.338 e. The van der Waals surface area contributed by atoms with Crippen molar-refractivity contribution >= 4 is 40.7 Å². The van der Waals surface area contributed by atoms with E-state index in [1.807, 2.05) is 61.5 Å². The molecule has 2 aromatic carbocycles. The summed E-state index contributed by atoms with van der Waals surface area (Å²) in [5.74, 6) is -0.537. The zero-order valence-electron chi connectivity index (χ0n) is 18.1. The summed E-state index contributed by atoms with van der Waals surface area (Å²) in [4.78, 5) is 33.3. The summed E-state index contributed by atoms with van der Waals surface area (Å²) in [6.07, 6.45) is 1.84. The van der Waals surface area contributed by atoms with Crippen LogP contribution in [-0.4, -0.2) is 31.7 Å². The number of esters is 1. The molecule has 1 aliphatic rings. The number of aromatic nitrogens is 1. The number of ether oxygens (including phenoxy) is 1. The van der Waals surface area contributed by atoms with Crippen LogP contribution in [0.3, 0.4) is 0 Å². The van der Waals surface area contributed by atoms with E-state index in [0.29, 0.717) is 31.2 Å². The summed E-state index contributed by atoms with van der Waals surface area (Å²) in [6, 6.07) is 14.4. The molecule has 1 aliphatic heterocycles. The Balaban J connectivity index is 1.93. The van der Waals surface area contributed by atoms with Crippen molar-refractivity contribution < 1.29 is 9.53 Å². The van der Waals surface area contributed by atoms with E-state index < -0.39 is 12.0 Å². The lowest BCUT2D eigenvalue weighted by Gasteiger charge is -2.25. The van der Waals surface area contributed by atoms with E-state index in [-0.39, 0.29) is 5.56 Å². The summed E-state index contributed by atoms with van der Waals surface area (Å²) >= 11 is 7.77. The standard InChI is InChI=1S/C24H22ClN3O3S/c1-14-20(23(30)31-4)21(17-7-5-6-8-18(17)25)28-22(29)19(32-24(28)26-14)13-15-9-11-16(12-10-15)27(2)3/h5-13,21H,1-4H3/t21-/m0/s1. The number of hydrogen-bond acceptors (Lipinski definition) is 6. The van der Waals surface area contributed by atoms with Crippen LogP contribution in [0.4, 0.5) is 5.69 Å². The first kappa shape index (κ1) is 22.0. The van der Waals surface area contributed by atoms with Gasteiger partial charge in [0.25, 0.3) is 5.56 Å². The summed E-state index contributed by atoms with van der Waals surface area (Å²) in [6.45, 7) is 1.74. The Labute approximate surface area is 194 Å². The van der Waals surface area contributed by atoms with Crippen molar-refractivity contribution in [1.29, 1.82) is 0 Å². The predicted molar refractivity (Wildman–Crippen MR) is 128 cm³/mol. The number of carbonyl (C=O) groups excluding carboxylic acids is 1. The van der Waals surface area contributed by atoms with Gasteiger partial charge in [-0.15, -0.1) is 0 Å². The van der Waals surface area contributed by atoms with Gasteiger partial charge in [0.2, 0.25) is 0 Å². The Bertz CT molecular complexity index is 1400. The number of halogens is 1. The van der Waals surface area contributed by atoms with Gasteiger partial charge in [0, 0.05) is 24.8 Å². The summed E-state index contributed by atoms with van der Waals surface area (Å²) in [5, 5.41) is 0.461. The number of allylic oxidation sites excluding steroid dienone is 1. The van der Waals surface area contributed by atoms with Crippen molar-refractivity contribution in [1.82, 2.24) is 4.57 Å². The van der Waals surface area contributed by atoms with Gasteiger partial charge in [0.05, 0.1) is 22.9 Å². The highest BCUT2D eigenvalue weighted by Crippen LogP contribution is 2.34. The van der Waals surface area contributed by atoms with Crippen molar-refractivity contribution in [3.63, 3.8) is 0 Å². The molecular formula is C24H22ClN3O3S. The van der Waals surface area contributed by atoms with Crippen LogP contribution >= 0.6 is 22.9 Å². The molecule has 6 nitrogen and oxygen atoms in total. The van der Waals surface area contributed by atoms with E-state index in [1.54, 1.807) is 19.1 Å². The van der Waals surface area contributed by atoms with Gasteiger partial charge in [-0.25, -0.2) is 9.79 Å². The number of thiazole rings is 1. The molecule has 0 amide bonds. The highest BCUT2D eigenvalue weighted by Gasteiger charge is 2.34. The zero-order chi connectivity index (χ0) is 23.0. The first-order valence-corrected chi connectivity index (χ1v) is 11.1. The van der Waals surface area contributed by atoms with Crippen molar-refractivity contribution in [2.75, 3.05) is 26.1 Å². The normalized spacial score (nSPS) is 15.9. The fourth-order valence-corrected chi connectivity index (χ4v) is 4.99. The second-order valence-corrected chi connectivity index (χ2v) is 9.00.